The molecule has 4 rings (SSSR count). The monoisotopic (exact) mass is 355 g/mol. The molecule has 0 saturated carbocycles. The molecule has 2 aromatic carbocycles. The molecule has 5 nitrogen and oxygen atoms in total. The molecule has 128 valence electrons. The van der Waals surface area contributed by atoms with Crippen molar-refractivity contribution in [2.24, 2.45) is 0 Å². The van der Waals surface area contributed by atoms with Crippen molar-refractivity contribution in [1.29, 1.82) is 0 Å². The van der Waals surface area contributed by atoms with E-state index in [2.05, 4.69) is 20.9 Å². The van der Waals surface area contributed by atoms with Crippen LogP contribution in [0.2, 0.25) is 5.02 Å². The number of para-hydroxylation sites is 2. The lowest BCUT2D eigenvalue weighted by Gasteiger charge is -2.33. The highest BCUT2D eigenvalue weighted by Crippen LogP contribution is 2.24. The van der Waals surface area contributed by atoms with Gasteiger partial charge in [0, 0.05) is 0 Å². The average molecular weight is 356 g/mol. The Morgan fingerprint density at radius 1 is 1.08 bits per heavy atom. The average Bonchev–Trinajstić information content (AvgIpc) is 2.63. The lowest BCUT2D eigenvalue weighted by Crippen LogP contribution is -3.13. The second kappa shape index (κ2) is 6.86. The van der Waals surface area contributed by atoms with E-state index in [1.165, 1.54) is 4.90 Å². The number of nitrogens with one attached hydrogen (secondary N) is 2. The quantitative estimate of drug-likeness (QED) is 0.748. The molecule has 25 heavy (non-hydrogen) atoms. The van der Waals surface area contributed by atoms with Gasteiger partial charge in [-0.3, -0.25) is 4.79 Å². The molecular formula is C19H20ClN4O+. The summed E-state index contributed by atoms with van der Waals surface area (Å²) in [5.74, 6) is 0.755. The number of piperazine rings is 1. The minimum Gasteiger partial charge on any atom is -0.359 e. The fourth-order valence-corrected chi connectivity index (χ4v) is 3.66. The van der Waals surface area contributed by atoms with Crippen LogP contribution in [0.1, 0.15) is 5.82 Å². The molecule has 1 saturated heterocycles. The number of fused-ring (bicyclic) bond motifs is 1. The number of H-pyrrole nitrogens is 1. The highest BCUT2D eigenvalue weighted by Gasteiger charge is 2.22. The lowest BCUT2D eigenvalue weighted by atomic mass is 10.2. The number of hydrogen-bond donors (Lipinski definition) is 2. The summed E-state index contributed by atoms with van der Waals surface area (Å²) in [6.45, 7) is 4.59. The van der Waals surface area contributed by atoms with Crippen molar-refractivity contribution in [3.8, 4) is 0 Å². The van der Waals surface area contributed by atoms with Crippen LogP contribution in [-0.4, -0.2) is 36.1 Å². The summed E-state index contributed by atoms with van der Waals surface area (Å²) in [4.78, 5) is 23.5. The standard InChI is InChI=1S/C19H19ClN4O/c20-15-6-2-4-8-17(15)24-11-9-23(10-12-24)13-18-21-16-7-3-1-5-14(16)19(25)22-18/h1-8H,9-13H2,(H,21,22,25)/p+1. The van der Waals surface area contributed by atoms with Gasteiger partial charge in [-0.2, -0.15) is 0 Å². The molecule has 1 aliphatic heterocycles. The van der Waals surface area contributed by atoms with Gasteiger partial charge in [0.15, 0.2) is 5.82 Å². The number of rotatable bonds is 3. The van der Waals surface area contributed by atoms with Crippen molar-refractivity contribution in [3.05, 3.63) is 69.7 Å². The molecule has 1 fully saturated rings. The van der Waals surface area contributed by atoms with Gasteiger partial charge < -0.3 is 14.8 Å². The number of quaternary nitrogens is 1. The number of anilines is 1. The lowest BCUT2D eigenvalue weighted by molar-refractivity contribution is -0.915. The van der Waals surface area contributed by atoms with Crippen LogP contribution in [-0.2, 0) is 6.54 Å². The Morgan fingerprint density at radius 3 is 2.60 bits per heavy atom. The van der Waals surface area contributed by atoms with E-state index in [0.29, 0.717) is 5.39 Å². The third-order valence-corrected chi connectivity index (χ3v) is 5.06. The molecule has 1 aliphatic rings. The van der Waals surface area contributed by atoms with Crippen LogP contribution in [0.25, 0.3) is 10.9 Å². The molecule has 0 amide bonds. The third-order valence-electron chi connectivity index (χ3n) is 4.74. The normalized spacial score (nSPS) is 15.6. The molecule has 1 aromatic heterocycles. The number of aromatic nitrogens is 2. The zero-order valence-corrected chi connectivity index (χ0v) is 14.6. The highest BCUT2D eigenvalue weighted by molar-refractivity contribution is 6.33. The fraction of sp³-hybridized carbons (Fsp3) is 0.263. The number of halogens is 1. The van der Waals surface area contributed by atoms with E-state index in [9.17, 15) is 4.79 Å². The topological polar surface area (TPSA) is 53.4 Å². The van der Waals surface area contributed by atoms with Crippen molar-refractivity contribution in [3.63, 3.8) is 0 Å². The second-order valence-corrected chi connectivity index (χ2v) is 6.80. The zero-order chi connectivity index (χ0) is 17.2. The summed E-state index contributed by atoms with van der Waals surface area (Å²) in [5.41, 5.74) is 1.80. The maximum Gasteiger partial charge on any atom is 0.258 e. The smallest absolute Gasteiger partial charge is 0.258 e. The zero-order valence-electron chi connectivity index (χ0n) is 13.8. The van der Waals surface area contributed by atoms with Crippen molar-refractivity contribution in [1.82, 2.24) is 9.97 Å². The summed E-state index contributed by atoms with van der Waals surface area (Å²) in [6, 6.07) is 15.4. The molecule has 0 aliphatic carbocycles. The van der Waals surface area contributed by atoms with Gasteiger partial charge in [0.25, 0.3) is 5.56 Å². The molecule has 3 aromatic rings. The van der Waals surface area contributed by atoms with E-state index in [0.717, 1.165) is 54.8 Å². The van der Waals surface area contributed by atoms with Crippen LogP contribution in [0, 0.1) is 0 Å². The van der Waals surface area contributed by atoms with Gasteiger partial charge in [-0.05, 0) is 24.3 Å². The van der Waals surface area contributed by atoms with E-state index in [-0.39, 0.29) is 5.56 Å². The maximum atomic E-state index is 12.2. The fourth-order valence-electron chi connectivity index (χ4n) is 3.40. The Kier molecular flexibility index (Phi) is 4.42. The number of aromatic amines is 1. The number of benzene rings is 2. The van der Waals surface area contributed by atoms with Crippen LogP contribution < -0.4 is 15.4 Å². The highest BCUT2D eigenvalue weighted by atomic mass is 35.5. The van der Waals surface area contributed by atoms with Crippen molar-refractivity contribution in [2.75, 3.05) is 31.1 Å². The Bertz CT molecular complexity index is 947. The SMILES string of the molecule is O=c1[nH]c(C[NH+]2CCN(c3ccccc3Cl)CC2)nc2ccccc12. The van der Waals surface area contributed by atoms with E-state index in [1.54, 1.807) is 6.07 Å². The van der Waals surface area contributed by atoms with E-state index in [4.69, 9.17) is 11.6 Å². The minimum absolute atomic E-state index is 0.0605. The van der Waals surface area contributed by atoms with Crippen molar-refractivity contribution in [2.45, 2.75) is 6.54 Å². The first-order valence-electron chi connectivity index (χ1n) is 8.52. The third kappa shape index (κ3) is 3.38. The van der Waals surface area contributed by atoms with E-state index in [1.807, 2.05) is 36.4 Å². The molecule has 0 spiro atoms. The molecule has 0 bridgehead atoms. The van der Waals surface area contributed by atoms with Crippen molar-refractivity contribution >= 4 is 28.2 Å². The number of nitrogens with zero attached hydrogens (tertiary/aromatic N) is 2. The first kappa shape index (κ1) is 16.1. The first-order valence-corrected chi connectivity index (χ1v) is 8.89. The summed E-state index contributed by atoms with van der Waals surface area (Å²) in [5, 5.41) is 1.44. The number of hydrogen-bond acceptors (Lipinski definition) is 3. The molecule has 0 atom stereocenters. The molecule has 2 N–H and O–H groups in total. The molecule has 6 heteroatoms. The maximum absolute atomic E-state index is 12.2. The Balaban J connectivity index is 1.45. The molecule has 0 radical (unpaired) electrons. The largest absolute Gasteiger partial charge is 0.359 e. The van der Waals surface area contributed by atoms with Gasteiger partial charge in [0.2, 0.25) is 0 Å². The Hall–Kier alpha value is -2.37. The minimum atomic E-state index is -0.0605. The van der Waals surface area contributed by atoms with Gasteiger partial charge in [0.1, 0.15) is 6.54 Å². The van der Waals surface area contributed by atoms with Crippen molar-refractivity contribution < 1.29 is 4.90 Å². The first-order chi connectivity index (χ1) is 12.2. The van der Waals surface area contributed by atoms with Gasteiger partial charge >= 0.3 is 0 Å². The van der Waals surface area contributed by atoms with Gasteiger partial charge in [-0.1, -0.05) is 35.9 Å². The van der Waals surface area contributed by atoms with Crippen LogP contribution >= 0.6 is 11.6 Å². The predicted octanol–water partition coefficient (Wildman–Crippen LogP) is 1.48. The molecule has 0 unspecified atom stereocenters. The summed E-state index contributed by atoms with van der Waals surface area (Å²) >= 11 is 6.30. The predicted molar refractivity (Wildman–Crippen MR) is 100 cm³/mol. The summed E-state index contributed by atoms with van der Waals surface area (Å²) in [6.07, 6.45) is 0. The Labute approximate surface area is 150 Å². The van der Waals surface area contributed by atoms with Crippen LogP contribution in [0.15, 0.2) is 53.3 Å². The summed E-state index contributed by atoms with van der Waals surface area (Å²) in [7, 11) is 0. The van der Waals surface area contributed by atoms with Crippen LogP contribution in [0.3, 0.4) is 0 Å². The van der Waals surface area contributed by atoms with E-state index < -0.39 is 0 Å². The summed E-state index contributed by atoms with van der Waals surface area (Å²) < 4.78 is 0. The van der Waals surface area contributed by atoms with Gasteiger partial charge in [-0.15, -0.1) is 0 Å². The van der Waals surface area contributed by atoms with Crippen LogP contribution in [0.5, 0.6) is 0 Å². The molecular weight excluding hydrogens is 336 g/mol. The van der Waals surface area contributed by atoms with Crippen LogP contribution in [0.4, 0.5) is 5.69 Å². The van der Waals surface area contributed by atoms with Gasteiger partial charge in [-0.25, -0.2) is 4.98 Å². The van der Waals surface area contributed by atoms with E-state index >= 15 is 0 Å². The second-order valence-electron chi connectivity index (χ2n) is 6.40. The Morgan fingerprint density at radius 2 is 1.80 bits per heavy atom. The van der Waals surface area contributed by atoms with Gasteiger partial charge in [0.05, 0.1) is 47.8 Å². The molecule has 2 heterocycles.